The Bertz CT molecular complexity index is 1300. The van der Waals surface area contributed by atoms with Gasteiger partial charge in [0.2, 0.25) is 0 Å². The van der Waals surface area contributed by atoms with Crippen molar-refractivity contribution < 1.29 is 9.84 Å². The first kappa shape index (κ1) is 26.2. The number of nitrogens with zero attached hydrogens (tertiary/aromatic N) is 1. The smallest absolute Gasteiger partial charge is 0.143 e. The van der Waals surface area contributed by atoms with Gasteiger partial charge in [-0.15, -0.1) is 0 Å². The van der Waals surface area contributed by atoms with Crippen LogP contribution in [0, 0.1) is 0 Å². The Labute approximate surface area is 228 Å². The molecule has 0 heterocycles. The summed E-state index contributed by atoms with van der Waals surface area (Å²) in [5.41, 5.74) is 1.86. The molecule has 0 radical (unpaired) electrons. The van der Waals surface area contributed by atoms with Crippen molar-refractivity contribution >= 4 is 54.2 Å². The van der Waals surface area contributed by atoms with Crippen molar-refractivity contribution in [3.63, 3.8) is 0 Å². The third-order valence-corrected chi connectivity index (χ3v) is 7.35. The largest absolute Gasteiger partial charge is 0.482 e. The van der Waals surface area contributed by atoms with Crippen LogP contribution in [0.2, 0.25) is 5.02 Å². The van der Waals surface area contributed by atoms with Gasteiger partial charge in [-0.05, 0) is 88.7 Å². The van der Waals surface area contributed by atoms with Gasteiger partial charge in [-0.2, -0.15) is 0 Å². The van der Waals surface area contributed by atoms with Gasteiger partial charge in [0.05, 0.1) is 0 Å². The molecule has 2 atom stereocenters. The second kappa shape index (κ2) is 11.4. The Balaban J connectivity index is 2.07. The van der Waals surface area contributed by atoms with E-state index in [2.05, 4.69) is 55.0 Å². The van der Waals surface area contributed by atoms with Gasteiger partial charge in [-0.25, -0.2) is 0 Å². The number of hydrogen-bond acceptors (Lipinski definition) is 3. The van der Waals surface area contributed by atoms with Crippen LogP contribution in [0.1, 0.15) is 29.0 Å². The topological polar surface area (TPSA) is 32.7 Å². The summed E-state index contributed by atoms with van der Waals surface area (Å²) in [6.45, 7) is 0.701. The van der Waals surface area contributed by atoms with Crippen LogP contribution in [0.25, 0.3) is 10.8 Å². The first-order valence-corrected chi connectivity index (χ1v) is 13.7. The lowest BCUT2D eigenvalue weighted by Crippen LogP contribution is -2.38. The lowest BCUT2D eigenvalue weighted by atomic mass is 9.70. The minimum Gasteiger partial charge on any atom is -0.482 e. The second-order valence-electron chi connectivity index (χ2n) is 8.92. The molecule has 0 aliphatic rings. The molecule has 0 aliphatic heterocycles. The van der Waals surface area contributed by atoms with Crippen LogP contribution >= 0.6 is 43.5 Å². The van der Waals surface area contributed by atoms with Gasteiger partial charge in [0.25, 0.3) is 0 Å². The molecule has 4 aromatic carbocycles. The van der Waals surface area contributed by atoms with Gasteiger partial charge in [-0.3, -0.25) is 0 Å². The lowest BCUT2D eigenvalue weighted by molar-refractivity contribution is 0.00421. The Morgan fingerprint density at radius 2 is 1.71 bits per heavy atom. The Morgan fingerprint density at radius 1 is 0.971 bits per heavy atom. The van der Waals surface area contributed by atoms with Crippen LogP contribution in [-0.2, 0) is 5.60 Å². The third kappa shape index (κ3) is 5.76. The summed E-state index contributed by atoms with van der Waals surface area (Å²) in [4.78, 5) is 2.10. The molecule has 0 bridgehead atoms. The Morgan fingerprint density at radius 3 is 2.40 bits per heavy atom. The van der Waals surface area contributed by atoms with Gasteiger partial charge < -0.3 is 14.7 Å². The van der Waals surface area contributed by atoms with Crippen LogP contribution in [0.15, 0.2) is 89.4 Å². The summed E-state index contributed by atoms with van der Waals surface area (Å²) in [5.74, 6) is 0.313. The normalized spacial score (nSPS) is 14.1. The number of benzene rings is 4. The van der Waals surface area contributed by atoms with Crippen LogP contribution in [0.4, 0.5) is 0 Å². The summed E-state index contributed by atoms with van der Waals surface area (Å²) < 4.78 is 7.03. The number of ether oxygens (including phenoxy) is 1. The number of alkyl halides is 1. The number of halogens is 3. The first-order valence-electron chi connectivity index (χ1n) is 11.4. The fourth-order valence-corrected chi connectivity index (χ4v) is 5.47. The number of rotatable bonds is 9. The molecular weight excluding hydrogens is 590 g/mol. The van der Waals surface area contributed by atoms with Crippen molar-refractivity contribution in [3.05, 3.63) is 111 Å². The molecule has 4 rings (SSSR count). The molecule has 3 nitrogen and oxygen atoms in total. The molecular formula is C29H28Br2ClNO2. The van der Waals surface area contributed by atoms with Crippen molar-refractivity contribution in [1.82, 2.24) is 4.90 Å². The van der Waals surface area contributed by atoms with Gasteiger partial charge >= 0.3 is 0 Å². The van der Waals surface area contributed by atoms with Crippen LogP contribution in [-0.4, -0.2) is 36.2 Å². The summed E-state index contributed by atoms with van der Waals surface area (Å²) in [5, 5.41) is 15.6. The molecule has 0 spiro atoms. The van der Waals surface area contributed by atoms with E-state index >= 15 is 0 Å². The summed E-state index contributed by atoms with van der Waals surface area (Å²) >= 11 is 13.3. The third-order valence-electron chi connectivity index (χ3n) is 6.37. The van der Waals surface area contributed by atoms with Crippen LogP contribution in [0.3, 0.4) is 0 Å². The summed E-state index contributed by atoms with van der Waals surface area (Å²) in [7, 11) is 4.05. The Kier molecular flexibility index (Phi) is 8.56. The van der Waals surface area contributed by atoms with Crippen molar-refractivity contribution in [2.75, 3.05) is 26.2 Å². The van der Waals surface area contributed by atoms with Crippen molar-refractivity contribution in [3.8, 4) is 5.75 Å². The molecule has 0 amide bonds. The van der Waals surface area contributed by atoms with E-state index in [0.29, 0.717) is 23.5 Å². The van der Waals surface area contributed by atoms with E-state index in [9.17, 15) is 5.11 Å². The highest BCUT2D eigenvalue weighted by molar-refractivity contribution is 9.10. The highest BCUT2D eigenvalue weighted by atomic mass is 79.9. The number of hydrogen-bond donors (Lipinski definition) is 1. The van der Waals surface area contributed by atoms with Crippen LogP contribution < -0.4 is 4.74 Å². The minimum atomic E-state index is -1.24. The van der Waals surface area contributed by atoms with Crippen molar-refractivity contribution in [1.29, 1.82) is 0 Å². The van der Waals surface area contributed by atoms with Gasteiger partial charge in [0.1, 0.15) is 16.9 Å². The summed E-state index contributed by atoms with van der Waals surface area (Å²) in [6.07, 6.45) is 0.515. The average Bonchev–Trinajstić information content (AvgIpc) is 2.85. The van der Waals surface area contributed by atoms with Gasteiger partial charge in [0.15, 0.2) is 0 Å². The highest BCUT2D eigenvalue weighted by Gasteiger charge is 2.42. The fraction of sp³-hybridized carbons (Fsp3) is 0.241. The standard InChI is InChI=1S/C29H28Br2ClNO2/c1-33(2)17-16-29(34,22-7-5-8-23(31)18-22)28(21-10-13-24(32)14-11-21)27-25-9-4-3-6-20(25)12-15-26(27)35-19-30/h3-15,18,28,34H,16-17,19H2,1-2H3. The quantitative estimate of drug-likeness (QED) is 0.194. The predicted molar refractivity (Wildman–Crippen MR) is 153 cm³/mol. The minimum absolute atomic E-state index is 0.346. The predicted octanol–water partition coefficient (Wildman–Crippen LogP) is 7.96. The molecule has 2 unspecified atom stereocenters. The molecule has 6 heteroatoms. The van der Waals surface area contributed by atoms with Gasteiger partial charge in [-0.1, -0.05) is 82.1 Å². The van der Waals surface area contributed by atoms with E-state index < -0.39 is 11.5 Å². The maximum atomic E-state index is 12.8. The molecule has 0 fully saturated rings. The van der Waals surface area contributed by atoms with Crippen LogP contribution in [0.5, 0.6) is 5.75 Å². The molecule has 182 valence electrons. The molecule has 1 N–H and O–H groups in total. The molecule has 0 saturated carbocycles. The van der Waals surface area contributed by atoms with Crippen molar-refractivity contribution in [2.45, 2.75) is 17.9 Å². The van der Waals surface area contributed by atoms with E-state index in [1.165, 1.54) is 0 Å². The first-order chi connectivity index (χ1) is 16.8. The summed E-state index contributed by atoms with van der Waals surface area (Å²) in [6, 6.07) is 28.0. The monoisotopic (exact) mass is 615 g/mol. The van der Waals surface area contributed by atoms with E-state index in [1.807, 2.05) is 80.8 Å². The fourth-order valence-electron chi connectivity index (χ4n) is 4.70. The molecule has 4 aromatic rings. The molecule has 35 heavy (non-hydrogen) atoms. The zero-order valence-electron chi connectivity index (χ0n) is 19.7. The second-order valence-corrected chi connectivity index (χ2v) is 10.7. The van der Waals surface area contributed by atoms with E-state index in [-0.39, 0.29) is 0 Å². The van der Waals surface area contributed by atoms with E-state index in [4.69, 9.17) is 16.3 Å². The van der Waals surface area contributed by atoms with Crippen molar-refractivity contribution in [2.24, 2.45) is 0 Å². The zero-order chi connectivity index (χ0) is 25.0. The maximum absolute atomic E-state index is 12.8. The van der Waals surface area contributed by atoms with E-state index in [1.54, 1.807) is 0 Å². The SMILES string of the molecule is CN(C)CCC(O)(c1cccc(Br)c1)C(c1ccc(Cl)cc1)c1c(OCBr)ccc2ccccc12. The Hall–Kier alpha value is -1.89. The average molecular weight is 618 g/mol. The maximum Gasteiger partial charge on any atom is 0.143 e. The number of fused-ring (bicyclic) bond motifs is 1. The highest BCUT2D eigenvalue weighted by Crippen LogP contribution is 2.50. The van der Waals surface area contributed by atoms with Gasteiger partial charge in [0, 0.05) is 27.5 Å². The molecule has 0 aromatic heterocycles. The molecule has 0 saturated heterocycles. The number of aliphatic hydroxyl groups is 1. The molecule has 0 aliphatic carbocycles. The lowest BCUT2D eigenvalue weighted by Gasteiger charge is -2.39. The zero-order valence-corrected chi connectivity index (χ0v) is 23.6. The van der Waals surface area contributed by atoms with E-state index in [0.717, 1.165) is 37.7 Å².